The zero-order valence-electron chi connectivity index (χ0n) is 15.1. The van der Waals surface area contributed by atoms with E-state index in [-0.39, 0.29) is 11.7 Å². The summed E-state index contributed by atoms with van der Waals surface area (Å²) in [6.07, 6.45) is 3.44. The molecule has 8 heteroatoms. The molecule has 2 aromatic heterocycles. The fourth-order valence-electron chi connectivity index (χ4n) is 3.70. The van der Waals surface area contributed by atoms with Gasteiger partial charge in [-0.1, -0.05) is 12.1 Å². The third-order valence-corrected chi connectivity index (χ3v) is 5.04. The fraction of sp³-hybridized carbons (Fsp3) is 0.0476. The van der Waals surface area contributed by atoms with Gasteiger partial charge in [0.15, 0.2) is 5.82 Å². The molecule has 1 N–H and O–H groups in total. The minimum Gasteiger partial charge on any atom is -0.371 e. The van der Waals surface area contributed by atoms with Crippen LogP contribution in [0.1, 0.15) is 22.9 Å². The summed E-state index contributed by atoms with van der Waals surface area (Å²) in [6.45, 7) is 0. The van der Waals surface area contributed by atoms with Crippen LogP contribution in [0.5, 0.6) is 0 Å². The van der Waals surface area contributed by atoms with Gasteiger partial charge >= 0.3 is 0 Å². The van der Waals surface area contributed by atoms with Crippen LogP contribution in [-0.4, -0.2) is 19.3 Å². The smallest absolute Gasteiger partial charge is 0.269 e. The second-order valence-corrected chi connectivity index (χ2v) is 6.65. The van der Waals surface area contributed by atoms with Crippen LogP contribution < -0.4 is 5.32 Å². The number of benzene rings is 2. The summed E-state index contributed by atoms with van der Waals surface area (Å²) in [6, 6.07) is 20.0. The van der Waals surface area contributed by atoms with E-state index in [0.29, 0.717) is 11.4 Å². The van der Waals surface area contributed by atoms with E-state index in [1.54, 1.807) is 23.0 Å². The molecule has 0 saturated heterocycles. The number of nitro groups is 1. The fourth-order valence-corrected chi connectivity index (χ4v) is 3.70. The van der Waals surface area contributed by atoms with Crippen LogP contribution in [0.2, 0.25) is 0 Å². The minimum absolute atomic E-state index is 0.0419. The van der Waals surface area contributed by atoms with Crippen LogP contribution >= 0.6 is 0 Å². The van der Waals surface area contributed by atoms with Crippen molar-refractivity contribution in [3.63, 3.8) is 0 Å². The van der Waals surface area contributed by atoms with Gasteiger partial charge in [0, 0.05) is 18.3 Å². The summed E-state index contributed by atoms with van der Waals surface area (Å²) in [5.74, 6) is 0.661. The van der Waals surface area contributed by atoms with E-state index in [0.717, 1.165) is 22.6 Å². The van der Waals surface area contributed by atoms with Crippen LogP contribution in [0.4, 0.5) is 11.4 Å². The molecule has 29 heavy (non-hydrogen) atoms. The third-order valence-electron chi connectivity index (χ3n) is 5.04. The highest BCUT2D eigenvalue weighted by atomic mass is 16.6. The minimum atomic E-state index is -0.412. The molecule has 0 fully saturated rings. The predicted molar refractivity (Wildman–Crippen MR) is 106 cm³/mol. The lowest BCUT2D eigenvalue weighted by atomic mass is 10.0. The van der Waals surface area contributed by atoms with Crippen LogP contribution in [-0.2, 0) is 0 Å². The molecule has 1 atom stereocenters. The molecule has 1 aliphatic heterocycles. The number of nitrogens with one attached hydrogen (secondary N) is 1. The highest BCUT2D eigenvalue weighted by Crippen LogP contribution is 2.36. The second-order valence-electron chi connectivity index (χ2n) is 6.65. The Morgan fingerprint density at radius 3 is 2.66 bits per heavy atom. The zero-order chi connectivity index (χ0) is 20.0. The number of rotatable bonds is 2. The van der Waals surface area contributed by atoms with Gasteiger partial charge in [0.05, 0.1) is 34.2 Å². The maximum atomic E-state index is 11.0. The topological polar surface area (TPSA) is 102 Å². The van der Waals surface area contributed by atoms with Gasteiger partial charge in [-0.15, -0.1) is 0 Å². The Bertz CT molecular complexity index is 1280. The largest absolute Gasteiger partial charge is 0.371 e. The number of fused-ring (bicyclic) bond motifs is 5. The first-order valence-corrected chi connectivity index (χ1v) is 8.93. The molecule has 3 heterocycles. The number of hydrogen-bond acceptors (Lipinski definition) is 5. The van der Waals surface area contributed by atoms with Gasteiger partial charge in [0.25, 0.3) is 5.69 Å². The van der Waals surface area contributed by atoms with Crippen LogP contribution in [0.3, 0.4) is 0 Å². The molecule has 0 radical (unpaired) electrons. The molecule has 0 saturated carbocycles. The van der Waals surface area contributed by atoms with E-state index in [2.05, 4.69) is 16.5 Å². The average Bonchev–Trinajstić information content (AvgIpc) is 3.37. The van der Waals surface area contributed by atoms with Gasteiger partial charge in [-0.25, -0.2) is 4.68 Å². The summed E-state index contributed by atoms with van der Waals surface area (Å²) in [5, 5.41) is 28.6. The monoisotopic (exact) mass is 382 g/mol. The number of nitriles is 1. The molecule has 8 nitrogen and oxygen atoms in total. The van der Waals surface area contributed by atoms with E-state index in [1.807, 2.05) is 47.2 Å². The number of nitro benzene ring substituents is 1. The van der Waals surface area contributed by atoms with Gasteiger partial charge in [-0.2, -0.15) is 10.4 Å². The Morgan fingerprint density at radius 2 is 1.90 bits per heavy atom. The van der Waals surface area contributed by atoms with Crippen LogP contribution in [0, 0.1) is 21.4 Å². The molecular weight excluding hydrogens is 368 g/mol. The number of para-hydroxylation sites is 2. The molecule has 0 amide bonds. The van der Waals surface area contributed by atoms with E-state index < -0.39 is 4.92 Å². The summed E-state index contributed by atoms with van der Waals surface area (Å²) in [4.78, 5) is 10.6. The summed E-state index contributed by atoms with van der Waals surface area (Å²) in [5.41, 5.74) is 3.93. The van der Waals surface area contributed by atoms with Crippen molar-refractivity contribution < 1.29 is 4.92 Å². The summed E-state index contributed by atoms with van der Waals surface area (Å²) < 4.78 is 3.68. The molecule has 0 spiro atoms. The van der Waals surface area contributed by atoms with Gasteiger partial charge in [0.1, 0.15) is 11.6 Å². The van der Waals surface area contributed by atoms with Gasteiger partial charge in [-0.3, -0.25) is 10.1 Å². The number of hydrogen-bond donors (Lipinski definition) is 1. The maximum Gasteiger partial charge on any atom is 0.269 e. The lowest BCUT2D eigenvalue weighted by Gasteiger charge is -2.27. The van der Waals surface area contributed by atoms with Gasteiger partial charge < -0.3 is 9.88 Å². The Kier molecular flexibility index (Phi) is 3.67. The lowest BCUT2D eigenvalue weighted by Crippen LogP contribution is -2.22. The van der Waals surface area contributed by atoms with E-state index in [1.165, 1.54) is 12.1 Å². The van der Waals surface area contributed by atoms with Crippen molar-refractivity contribution in [3.05, 3.63) is 100.0 Å². The highest BCUT2D eigenvalue weighted by molar-refractivity contribution is 5.66. The molecular formula is C21H14N6O2. The molecule has 4 aromatic rings. The molecule has 2 aromatic carbocycles. The third kappa shape index (κ3) is 2.56. The normalized spacial score (nSPS) is 14.4. The first-order valence-electron chi connectivity index (χ1n) is 8.93. The predicted octanol–water partition coefficient (Wildman–Crippen LogP) is 3.96. The van der Waals surface area contributed by atoms with Crippen molar-refractivity contribution in [2.75, 3.05) is 5.32 Å². The average molecular weight is 382 g/mol. The Morgan fingerprint density at radius 1 is 1.10 bits per heavy atom. The highest BCUT2D eigenvalue weighted by Gasteiger charge is 2.27. The van der Waals surface area contributed by atoms with Crippen molar-refractivity contribution in [3.8, 4) is 17.6 Å². The van der Waals surface area contributed by atoms with Crippen LogP contribution in [0.25, 0.3) is 11.5 Å². The number of non-ortho nitro benzene ring substituents is 1. The number of aromatic nitrogens is 3. The van der Waals surface area contributed by atoms with E-state index >= 15 is 0 Å². The Labute approximate surface area is 165 Å². The molecule has 1 unspecified atom stereocenters. The quantitative estimate of drug-likeness (QED) is 0.418. The van der Waals surface area contributed by atoms with Crippen molar-refractivity contribution in [2.24, 2.45) is 0 Å². The van der Waals surface area contributed by atoms with Crippen molar-refractivity contribution in [2.45, 2.75) is 6.04 Å². The second kappa shape index (κ2) is 6.35. The van der Waals surface area contributed by atoms with E-state index in [4.69, 9.17) is 0 Å². The summed E-state index contributed by atoms with van der Waals surface area (Å²) in [7, 11) is 0. The Balaban J connectivity index is 1.76. The molecule has 1 aliphatic rings. The molecule has 5 rings (SSSR count). The lowest BCUT2D eigenvalue weighted by molar-refractivity contribution is -0.384. The van der Waals surface area contributed by atoms with Crippen LogP contribution in [0.15, 0.2) is 73.1 Å². The van der Waals surface area contributed by atoms with E-state index in [9.17, 15) is 15.4 Å². The number of nitrogens with zero attached hydrogens (tertiary/aromatic N) is 5. The molecule has 140 valence electrons. The number of anilines is 1. The van der Waals surface area contributed by atoms with Gasteiger partial charge in [-0.05, 0) is 42.0 Å². The van der Waals surface area contributed by atoms with Gasteiger partial charge in [0.2, 0.25) is 0 Å². The Hall–Kier alpha value is -4.38. The zero-order valence-corrected chi connectivity index (χ0v) is 15.1. The SMILES string of the molecule is N#Cc1cnn2c1-n1cccc1C(c1ccc([N+](=O)[O-])cc1)Nc1ccccc1-2. The van der Waals surface area contributed by atoms with Crippen molar-refractivity contribution in [1.29, 1.82) is 5.26 Å². The first-order chi connectivity index (χ1) is 14.2. The summed E-state index contributed by atoms with van der Waals surface area (Å²) >= 11 is 0. The standard InChI is InChI=1S/C21H14N6O2/c22-12-15-13-23-26-18-5-2-1-4-17(18)24-20(19-6-3-11-25(19)21(15)26)14-7-9-16(10-8-14)27(28)29/h1-11,13,20,24H. The molecule has 0 bridgehead atoms. The first kappa shape index (κ1) is 16.8. The van der Waals surface area contributed by atoms with Crippen molar-refractivity contribution >= 4 is 11.4 Å². The molecule has 0 aliphatic carbocycles. The van der Waals surface area contributed by atoms with Crippen molar-refractivity contribution in [1.82, 2.24) is 14.3 Å². The maximum absolute atomic E-state index is 11.0.